The molecule has 2 aromatic heterocycles. The van der Waals surface area contributed by atoms with Crippen molar-refractivity contribution in [3.63, 3.8) is 0 Å². The standard InChI is InChI=1S/C8H6BN4O2/c1-5-14-7(10-1)12-3-4-13(9-12)8-11-2-6-15-8/h1-6H. The minimum atomic E-state index is 0.500. The summed E-state index contributed by atoms with van der Waals surface area (Å²) >= 11 is 0. The lowest BCUT2D eigenvalue weighted by atomic mass is 10.1. The third-order valence-electron chi connectivity index (χ3n) is 1.92. The first kappa shape index (κ1) is 8.16. The second-order valence-electron chi connectivity index (χ2n) is 2.86. The number of anilines is 2. The van der Waals surface area contributed by atoms with Crippen molar-refractivity contribution in [2.24, 2.45) is 0 Å². The van der Waals surface area contributed by atoms with Gasteiger partial charge in [0.1, 0.15) is 12.5 Å². The van der Waals surface area contributed by atoms with Crippen LogP contribution in [0.15, 0.2) is 46.2 Å². The summed E-state index contributed by atoms with van der Waals surface area (Å²) in [6.07, 6.45) is 9.82. The Morgan fingerprint density at radius 1 is 0.933 bits per heavy atom. The Morgan fingerprint density at radius 2 is 1.47 bits per heavy atom. The predicted octanol–water partition coefficient (Wildman–Crippen LogP) is 0.995. The molecular weight excluding hydrogens is 195 g/mol. The van der Waals surface area contributed by atoms with Crippen LogP contribution in [0.5, 0.6) is 0 Å². The van der Waals surface area contributed by atoms with E-state index >= 15 is 0 Å². The molecule has 0 aliphatic carbocycles. The lowest BCUT2D eigenvalue weighted by Crippen LogP contribution is -2.29. The second-order valence-corrected chi connectivity index (χ2v) is 2.86. The van der Waals surface area contributed by atoms with Gasteiger partial charge in [-0.05, 0) is 0 Å². The van der Waals surface area contributed by atoms with Crippen molar-refractivity contribution < 1.29 is 8.83 Å². The molecule has 15 heavy (non-hydrogen) atoms. The average Bonchev–Trinajstić information content (AvgIpc) is 3.02. The van der Waals surface area contributed by atoms with E-state index in [-0.39, 0.29) is 0 Å². The molecule has 0 saturated heterocycles. The molecule has 6 nitrogen and oxygen atoms in total. The fraction of sp³-hybridized carbons (Fsp3) is 0. The molecule has 3 heterocycles. The van der Waals surface area contributed by atoms with Gasteiger partial charge in [-0.2, -0.15) is 0 Å². The Kier molecular flexibility index (Phi) is 1.74. The van der Waals surface area contributed by atoms with Gasteiger partial charge in [0.25, 0.3) is 12.0 Å². The van der Waals surface area contributed by atoms with Crippen molar-refractivity contribution in [1.29, 1.82) is 0 Å². The van der Waals surface area contributed by atoms with Crippen LogP contribution < -0.4 is 9.62 Å². The van der Waals surface area contributed by atoms with Crippen molar-refractivity contribution in [2.45, 2.75) is 0 Å². The molecule has 73 valence electrons. The lowest BCUT2D eigenvalue weighted by Gasteiger charge is -2.11. The fourth-order valence-electron chi connectivity index (χ4n) is 1.27. The van der Waals surface area contributed by atoms with Crippen molar-refractivity contribution in [2.75, 3.05) is 9.62 Å². The Bertz CT molecular complexity index is 411. The molecule has 2 aromatic rings. The van der Waals surface area contributed by atoms with Gasteiger partial charge >= 0.3 is 7.55 Å². The van der Waals surface area contributed by atoms with E-state index in [4.69, 9.17) is 8.83 Å². The molecule has 1 aliphatic heterocycles. The SMILES string of the molecule is [B]1N(c2ncco2)C=CN1c1ncco1. The Balaban J connectivity index is 1.78. The quantitative estimate of drug-likeness (QED) is 0.675. The molecule has 0 bridgehead atoms. The monoisotopic (exact) mass is 201 g/mol. The average molecular weight is 201 g/mol. The van der Waals surface area contributed by atoms with E-state index in [2.05, 4.69) is 9.97 Å². The minimum Gasteiger partial charge on any atom is -0.433 e. The summed E-state index contributed by atoms with van der Waals surface area (Å²) in [5.41, 5.74) is 0. The van der Waals surface area contributed by atoms with Crippen LogP contribution in [0.2, 0.25) is 0 Å². The van der Waals surface area contributed by atoms with E-state index < -0.39 is 0 Å². The van der Waals surface area contributed by atoms with Crippen LogP contribution in [-0.2, 0) is 0 Å². The maximum atomic E-state index is 5.14. The van der Waals surface area contributed by atoms with Crippen molar-refractivity contribution >= 4 is 19.6 Å². The van der Waals surface area contributed by atoms with Gasteiger partial charge in [-0.1, -0.05) is 0 Å². The van der Waals surface area contributed by atoms with Crippen molar-refractivity contribution in [3.05, 3.63) is 37.3 Å². The predicted molar refractivity (Wildman–Crippen MR) is 52.9 cm³/mol. The maximum Gasteiger partial charge on any atom is 0.408 e. The first-order valence-electron chi connectivity index (χ1n) is 4.32. The van der Waals surface area contributed by atoms with Gasteiger partial charge in [0.05, 0.1) is 12.4 Å². The third kappa shape index (κ3) is 1.37. The molecule has 0 saturated carbocycles. The number of nitrogens with zero attached hydrogens (tertiary/aromatic N) is 4. The van der Waals surface area contributed by atoms with Gasteiger partial charge < -0.3 is 18.5 Å². The van der Waals surface area contributed by atoms with Gasteiger partial charge in [-0.25, -0.2) is 9.97 Å². The van der Waals surface area contributed by atoms with E-state index in [9.17, 15) is 0 Å². The largest absolute Gasteiger partial charge is 0.433 e. The van der Waals surface area contributed by atoms with E-state index in [0.29, 0.717) is 12.0 Å². The zero-order valence-electron chi connectivity index (χ0n) is 7.65. The summed E-state index contributed by atoms with van der Waals surface area (Å²) < 4.78 is 10.3. The van der Waals surface area contributed by atoms with Crippen LogP contribution in [-0.4, -0.2) is 17.5 Å². The van der Waals surface area contributed by atoms with Gasteiger partial charge in [0, 0.05) is 12.4 Å². The first-order valence-corrected chi connectivity index (χ1v) is 4.32. The first-order chi connectivity index (χ1) is 7.43. The highest BCUT2D eigenvalue weighted by molar-refractivity contribution is 6.48. The fourth-order valence-corrected chi connectivity index (χ4v) is 1.27. The Morgan fingerprint density at radius 3 is 1.87 bits per heavy atom. The van der Waals surface area contributed by atoms with Crippen molar-refractivity contribution in [3.8, 4) is 0 Å². The second kappa shape index (κ2) is 3.20. The Labute approximate surface area is 86.1 Å². The number of aromatic nitrogens is 2. The molecule has 0 unspecified atom stereocenters. The smallest absolute Gasteiger partial charge is 0.408 e. The van der Waals surface area contributed by atoms with Crippen LogP contribution in [0.3, 0.4) is 0 Å². The van der Waals surface area contributed by atoms with Crippen LogP contribution in [0.25, 0.3) is 0 Å². The number of hydrogen-bond acceptors (Lipinski definition) is 6. The van der Waals surface area contributed by atoms with Crippen LogP contribution in [0.4, 0.5) is 12.0 Å². The van der Waals surface area contributed by atoms with Crippen molar-refractivity contribution in [1.82, 2.24) is 9.97 Å². The van der Waals surface area contributed by atoms with Gasteiger partial charge in [-0.15, -0.1) is 0 Å². The van der Waals surface area contributed by atoms with E-state index in [1.165, 1.54) is 12.5 Å². The summed E-state index contributed by atoms with van der Waals surface area (Å²) in [5.74, 6) is 0. The Hall–Kier alpha value is -2.18. The van der Waals surface area contributed by atoms with Gasteiger partial charge in [0.15, 0.2) is 0 Å². The highest BCUT2D eigenvalue weighted by Gasteiger charge is 2.23. The number of oxazole rings is 2. The lowest BCUT2D eigenvalue weighted by molar-refractivity contribution is 0.566. The van der Waals surface area contributed by atoms with Crippen LogP contribution in [0, 0.1) is 0 Å². The van der Waals surface area contributed by atoms with E-state index in [0.717, 1.165) is 0 Å². The van der Waals surface area contributed by atoms with E-state index in [1.807, 2.05) is 0 Å². The number of rotatable bonds is 2. The summed E-state index contributed by atoms with van der Waals surface area (Å²) in [6.45, 7) is 0. The molecule has 3 rings (SSSR count). The van der Waals surface area contributed by atoms with Gasteiger partial charge in [-0.3, -0.25) is 0 Å². The highest BCUT2D eigenvalue weighted by atomic mass is 16.4. The molecule has 0 aromatic carbocycles. The molecule has 0 fully saturated rings. The summed E-state index contributed by atoms with van der Waals surface area (Å²) in [5, 5.41) is 0. The highest BCUT2D eigenvalue weighted by Crippen LogP contribution is 2.19. The summed E-state index contributed by atoms with van der Waals surface area (Å²) in [4.78, 5) is 11.5. The molecule has 1 radical (unpaired) electrons. The minimum absolute atomic E-state index is 0.500. The number of hydrogen-bond donors (Lipinski definition) is 0. The molecule has 1 aliphatic rings. The van der Waals surface area contributed by atoms with Gasteiger partial charge in [0.2, 0.25) is 0 Å². The maximum absolute atomic E-state index is 5.14. The molecular formula is C8H6BN4O2. The summed E-state index contributed by atoms with van der Waals surface area (Å²) in [7, 11) is 1.76. The van der Waals surface area contributed by atoms with E-state index in [1.54, 1.807) is 42.0 Å². The molecule has 7 heteroatoms. The molecule has 0 N–H and O–H groups in total. The molecule has 0 amide bonds. The zero-order valence-corrected chi connectivity index (χ0v) is 7.65. The topological polar surface area (TPSA) is 58.5 Å². The molecule has 0 atom stereocenters. The zero-order chi connectivity index (χ0) is 10.1. The third-order valence-corrected chi connectivity index (χ3v) is 1.92. The summed E-state index contributed by atoms with van der Waals surface area (Å²) in [6, 6.07) is 1.00. The van der Waals surface area contributed by atoms with Crippen LogP contribution >= 0.6 is 0 Å². The normalized spacial score (nSPS) is 14.7. The van der Waals surface area contributed by atoms with Crippen LogP contribution in [0.1, 0.15) is 0 Å². The molecule has 0 spiro atoms.